The van der Waals surface area contributed by atoms with Gasteiger partial charge in [0.05, 0.1) is 5.41 Å². The van der Waals surface area contributed by atoms with Crippen LogP contribution in [0, 0.1) is 0 Å². The molecule has 2 aliphatic heterocycles. The third kappa shape index (κ3) is 2.50. The van der Waals surface area contributed by atoms with Gasteiger partial charge in [0, 0.05) is 44.3 Å². The second kappa shape index (κ2) is 5.84. The molecular weight excluding hydrogens is 272 g/mol. The van der Waals surface area contributed by atoms with E-state index in [0.29, 0.717) is 19.1 Å². The fourth-order valence-corrected chi connectivity index (χ4v) is 4.13. The predicted molar refractivity (Wildman–Crippen MR) is 80.1 cm³/mol. The first-order chi connectivity index (χ1) is 9.72. The topological polar surface area (TPSA) is 32.8 Å². The molecule has 2 fully saturated rings. The second-order valence-corrected chi connectivity index (χ2v) is 6.71. The lowest BCUT2D eigenvalue weighted by Gasteiger charge is -2.41. The van der Waals surface area contributed by atoms with Crippen molar-refractivity contribution < 1.29 is 9.53 Å². The number of rotatable bonds is 2. The summed E-state index contributed by atoms with van der Waals surface area (Å²) in [5.74, 6) is 0.316. The SMILES string of the molecule is CN1CCN(C(=O)C2(c3cccs3)CCOCC2)CC1. The summed E-state index contributed by atoms with van der Waals surface area (Å²) in [4.78, 5) is 18.7. The summed E-state index contributed by atoms with van der Waals surface area (Å²) in [6, 6.07) is 4.17. The molecule has 1 amide bonds. The molecule has 5 heteroatoms. The number of likely N-dealkylation sites (N-methyl/N-ethyl adjacent to an activating group) is 1. The van der Waals surface area contributed by atoms with Crippen LogP contribution in [0.1, 0.15) is 17.7 Å². The fraction of sp³-hybridized carbons (Fsp3) is 0.667. The molecule has 3 rings (SSSR count). The largest absolute Gasteiger partial charge is 0.381 e. The standard InChI is InChI=1S/C15H22N2O2S/c1-16-6-8-17(9-7-16)14(18)15(4-10-19-11-5-15)13-3-2-12-20-13/h2-3,12H,4-11H2,1H3. The lowest BCUT2D eigenvalue weighted by molar-refractivity contribution is -0.142. The lowest BCUT2D eigenvalue weighted by Crippen LogP contribution is -2.55. The highest BCUT2D eigenvalue weighted by atomic mass is 32.1. The average Bonchev–Trinajstić information content (AvgIpc) is 3.03. The van der Waals surface area contributed by atoms with Crippen molar-refractivity contribution in [1.82, 2.24) is 9.80 Å². The average molecular weight is 294 g/mol. The smallest absolute Gasteiger partial charge is 0.234 e. The summed E-state index contributed by atoms with van der Waals surface area (Å²) < 4.78 is 5.50. The maximum Gasteiger partial charge on any atom is 0.234 e. The van der Waals surface area contributed by atoms with Gasteiger partial charge in [-0.2, -0.15) is 0 Å². The predicted octanol–water partition coefficient (Wildman–Crippen LogP) is 1.57. The van der Waals surface area contributed by atoms with E-state index in [0.717, 1.165) is 39.0 Å². The van der Waals surface area contributed by atoms with E-state index in [2.05, 4.69) is 34.4 Å². The Morgan fingerprint density at radius 3 is 2.55 bits per heavy atom. The van der Waals surface area contributed by atoms with Gasteiger partial charge < -0.3 is 14.5 Å². The summed E-state index contributed by atoms with van der Waals surface area (Å²) in [7, 11) is 2.12. The van der Waals surface area contributed by atoms with E-state index in [1.807, 2.05) is 0 Å². The summed E-state index contributed by atoms with van der Waals surface area (Å²) >= 11 is 1.71. The molecule has 4 nitrogen and oxygen atoms in total. The van der Waals surface area contributed by atoms with Gasteiger partial charge in [0.15, 0.2) is 0 Å². The molecule has 0 aromatic carbocycles. The van der Waals surface area contributed by atoms with Crippen LogP contribution in [-0.2, 0) is 14.9 Å². The fourth-order valence-electron chi connectivity index (χ4n) is 3.15. The minimum atomic E-state index is -0.331. The molecule has 0 aliphatic carbocycles. The minimum absolute atomic E-state index is 0.316. The number of carbonyl (C=O) groups is 1. The molecule has 110 valence electrons. The molecule has 1 aromatic heterocycles. The first kappa shape index (κ1) is 14.0. The Kier molecular flexibility index (Phi) is 4.10. The van der Waals surface area contributed by atoms with Crippen LogP contribution in [0.2, 0.25) is 0 Å². The molecule has 0 radical (unpaired) electrons. The zero-order valence-electron chi connectivity index (χ0n) is 12.0. The zero-order chi connectivity index (χ0) is 14.0. The van der Waals surface area contributed by atoms with Crippen LogP contribution in [0.4, 0.5) is 0 Å². The van der Waals surface area contributed by atoms with Gasteiger partial charge in [0.1, 0.15) is 0 Å². The van der Waals surface area contributed by atoms with Crippen molar-refractivity contribution in [1.29, 1.82) is 0 Å². The minimum Gasteiger partial charge on any atom is -0.381 e. The van der Waals surface area contributed by atoms with Crippen LogP contribution in [0.15, 0.2) is 17.5 Å². The van der Waals surface area contributed by atoms with Crippen LogP contribution in [-0.4, -0.2) is 62.1 Å². The van der Waals surface area contributed by atoms with Gasteiger partial charge in [-0.1, -0.05) is 6.07 Å². The summed E-state index contributed by atoms with van der Waals surface area (Å²) in [5.41, 5.74) is -0.331. The van der Waals surface area contributed by atoms with E-state index < -0.39 is 0 Å². The molecule has 0 atom stereocenters. The van der Waals surface area contributed by atoms with Crippen molar-refractivity contribution in [2.24, 2.45) is 0 Å². The van der Waals surface area contributed by atoms with E-state index in [1.165, 1.54) is 4.88 Å². The molecule has 3 heterocycles. The number of piperazine rings is 1. The second-order valence-electron chi connectivity index (χ2n) is 5.77. The molecule has 2 saturated heterocycles. The van der Waals surface area contributed by atoms with E-state index >= 15 is 0 Å². The molecule has 0 bridgehead atoms. The van der Waals surface area contributed by atoms with Gasteiger partial charge in [0.25, 0.3) is 0 Å². The number of ether oxygens (including phenoxy) is 1. The van der Waals surface area contributed by atoms with Crippen molar-refractivity contribution in [3.63, 3.8) is 0 Å². The zero-order valence-corrected chi connectivity index (χ0v) is 12.8. The van der Waals surface area contributed by atoms with Crippen LogP contribution >= 0.6 is 11.3 Å². The highest BCUT2D eigenvalue weighted by molar-refractivity contribution is 7.10. The van der Waals surface area contributed by atoms with Crippen molar-refractivity contribution in [3.05, 3.63) is 22.4 Å². The number of amides is 1. The first-order valence-corrected chi connectivity index (χ1v) is 8.20. The van der Waals surface area contributed by atoms with Crippen molar-refractivity contribution >= 4 is 17.2 Å². The molecule has 1 aromatic rings. The van der Waals surface area contributed by atoms with Crippen LogP contribution in [0.3, 0.4) is 0 Å². The van der Waals surface area contributed by atoms with E-state index in [9.17, 15) is 4.79 Å². The van der Waals surface area contributed by atoms with E-state index in [4.69, 9.17) is 4.74 Å². The van der Waals surface area contributed by atoms with Gasteiger partial charge in [0.2, 0.25) is 5.91 Å². The Hall–Kier alpha value is -0.910. The van der Waals surface area contributed by atoms with Gasteiger partial charge in [-0.3, -0.25) is 4.79 Å². The molecule has 20 heavy (non-hydrogen) atoms. The number of carbonyl (C=O) groups excluding carboxylic acids is 1. The number of thiophene rings is 1. The third-order valence-electron chi connectivity index (χ3n) is 4.54. The maximum absolute atomic E-state index is 13.1. The Bertz CT molecular complexity index is 446. The monoisotopic (exact) mass is 294 g/mol. The van der Waals surface area contributed by atoms with Crippen molar-refractivity contribution in [2.45, 2.75) is 18.3 Å². The van der Waals surface area contributed by atoms with E-state index in [-0.39, 0.29) is 5.41 Å². The van der Waals surface area contributed by atoms with Crippen LogP contribution in [0.25, 0.3) is 0 Å². The Balaban J connectivity index is 1.84. The molecule has 0 saturated carbocycles. The Morgan fingerprint density at radius 2 is 1.95 bits per heavy atom. The molecule has 0 unspecified atom stereocenters. The highest BCUT2D eigenvalue weighted by Gasteiger charge is 2.45. The van der Waals surface area contributed by atoms with E-state index in [1.54, 1.807) is 11.3 Å². The van der Waals surface area contributed by atoms with Gasteiger partial charge in [-0.05, 0) is 31.3 Å². The quantitative estimate of drug-likeness (QED) is 0.830. The summed E-state index contributed by atoms with van der Waals surface area (Å²) in [6.07, 6.45) is 1.64. The van der Waals surface area contributed by atoms with Gasteiger partial charge >= 0.3 is 0 Å². The van der Waals surface area contributed by atoms with Crippen molar-refractivity contribution in [2.75, 3.05) is 46.4 Å². The maximum atomic E-state index is 13.1. The van der Waals surface area contributed by atoms with Gasteiger partial charge in [-0.15, -0.1) is 11.3 Å². The lowest BCUT2D eigenvalue weighted by atomic mass is 9.77. The van der Waals surface area contributed by atoms with Crippen LogP contribution < -0.4 is 0 Å². The molecule has 0 N–H and O–H groups in total. The van der Waals surface area contributed by atoms with Gasteiger partial charge in [-0.25, -0.2) is 0 Å². The molecular formula is C15H22N2O2S. The molecule has 0 spiro atoms. The molecule has 2 aliphatic rings. The summed E-state index contributed by atoms with van der Waals surface area (Å²) in [6.45, 7) is 5.03. The third-order valence-corrected chi connectivity index (χ3v) is 5.61. The highest BCUT2D eigenvalue weighted by Crippen LogP contribution is 2.39. The Labute approximate surface area is 124 Å². The number of hydrogen-bond donors (Lipinski definition) is 0. The van der Waals surface area contributed by atoms with Crippen molar-refractivity contribution in [3.8, 4) is 0 Å². The Morgan fingerprint density at radius 1 is 1.25 bits per heavy atom. The number of nitrogens with zero attached hydrogens (tertiary/aromatic N) is 2. The number of hydrogen-bond acceptors (Lipinski definition) is 4. The first-order valence-electron chi connectivity index (χ1n) is 7.32. The normalized spacial score (nSPS) is 23.8. The van der Waals surface area contributed by atoms with Crippen LogP contribution in [0.5, 0.6) is 0 Å². The summed E-state index contributed by atoms with van der Waals surface area (Å²) in [5, 5.41) is 2.07.